The van der Waals surface area contributed by atoms with Gasteiger partial charge in [0, 0.05) is 19.6 Å². The van der Waals surface area contributed by atoms with Gasteiger partial charge in [-0.05, 0) is 18.2 Å². The molecule has 0 radical (unpaired) electrons. The van der Waals surface area contributed by atoms with Crippen LogP contribution in [-0.4, -0.2) is 35.8 Å². The second-order valence-electron chi connectivity index (χ2n) is 3.07. The first-order valence-electron chi connectivity index (χ1n) is 4.48. The number of thiol groups is 1. The van der Waals surface area contributed by atoms with Crippen molar-refractivity contribution in [1.29, 1.82) is 0 Å². The lowest BCUT2D eigenvalue weighted by Crippen LogP contribution is -2.13. The summed E-state index contributed by atoms with van der Waals surface area (Å²) in [5.41, 5.74) is 0. The molecule has 0 N–H and O–H groups in total. The van der Waals surface area contributed by atoms with E-state index in [1.165, 1.54) is 12.5 Å². The van der Waals surface area contributed by atoms with Crippen molar-refractivity contribution in [2.75, 3.05) is 26.1 Å². The molecule has 0 aromatic heterocycles. The quantitative estimate of drug-likeness (QED) is 0.366. The predicted molar refractivity (Wildman–Crippen MR) is 58.8 cm³/mol. The molecule has 0 amide bonds. The van der Waals surface area contributed by atoms with Gasteiger partial charge in [-0.15, -0.1) is 0 Å². The van der Waals surface area contributed by atoms with Crippen molar-refractivity contribution < 1.29 is 9.16 Å². The van der Waals surface area contributed by atoms with Crippen LogP contribution in [0.4, 0.5) is 0 Å². The lowest BCUT2D eigenvalue weighted by molar-refractivity contribution is 0.128. The van der Waals surface area contributed by atoms with Gasteiger partial charge in [-0.3, -0.25) is 0 Å². The first kappa shape index (κ1) is 12.5. The third-order valence-electron chi connectivity index (χ3n) is 1.55. The minimum Gasteiger partial charge on any atom is -0.424 e. The molecule has 0 aliphatic carbocycles. The first-order valence-corrected chi connectivity index (χ1v) is 6.69. The van der Waals surface area contributed by atoms with Gasteiger partial charge in [-0.2, -0.15) is 12.6 Å². The highest BCUT2D eigenvalue weighted by Crippen LogP contribution is 1.97. The lowest BCUT2D eigenvalue weighted by Gasteiger charge is -2.10. The zero-order valence-electron chi connectivity index (χ0n) is 8.08. The Bertz CT molecular complexity index is 93.1. The predicted octanol–water partition coefficient (Wildman–Crippen LogP) is 1.11. The Balaban J connectivity index is 2.97. The Labute approximate surface area is 83.4 Å². The molecule has 0 heterocycles. The molecule has 0 aliphatic heterocycles. The molecule has 0 aromatic carbocycles. The highest BCUT2D eigenvalue weighted by molar-refractivity contribution is 7.80. The molecule has 0 saturated heterocycles. The molecule has 74 valence electrons. The Kier molecular flexibility index (Phi) is 9.96. The summed E-state index contributed by atoms with van der Waals surface area (Å²) in [6, 6.07) is 1.25. The molecule has 0 bridgehead atoms. The lowest BCUT2D eigenvalue weighted by atomic mass is 10.2. The number of rotatable bonds is 8. The maximum absolute atomic E-state index is 5.57. The third kappa shape index (κ3) is 8.58. The van der Waals surface area contributed by atoms with Crippen LogP contribution in [-0.2, 0) is 9.16 Å². The van der Waals surface area contributed by atoms with Gasteiger partial charge in [0.25, 0.3) is 0 Å². The van der Waals surface area contributed by atoms with Gasteiger partial charge in [0.05, 0.1) is 6.61 Å². The van der Waals surface area contributed by atoms with Crippen molar-refractivity contribution >= 4 is 22.4 Å². The van der Waals surface area contributed by atoms with E-state index >= 15 is 0 Å². The molecule has 0 unspecified atom stereocenters. The van der Waals surface area contributed by atoms with Gasteiger partial charge in [0.15, 0.2) is 9.76 Å². The molecule has 12 heavy (non-hydrogen) atoms. The van der Waals surface area contributed by atoms with Crippen LogP contribution in [0, 0.1) is 5.92 Å². The highest BCUT2D eigenvalue weighted by atomic mass is 32.1. The Morgan fingerprint density at radius 3 is 2.75 bits per heavy atom. The summed E-state index contributed by atoms with van der Waals surface area (Å²) >= 11 is 4.14. The fourth-order valence-electron chi connectivity index (χ4n) is 0.933. The monoisotopic (exact) mass is 208 g/mol. The van der Waals surface area contributed by atoms with Crippen molar-refractivity contribution in [3.63, 3.8) is 0 Å². The average Bonchev–Trinajstić information content (AvgIpc) is 2.05. The maximum atomic E-state index is 5.57. The van der Waals surface area contributed by atoms with E-state index in [2.05, 4.69) is 19.6 Å². The van der Waals surface area contributed by atoms with Crippen LogP contribution < -0.4 is 0 Å². The van der Waals surface area contributed by atoms with Crippen molar-refractivity contribution in [3.8, 4) is 0 Å². The van der Waals surface area contributed by atoms with E-state index in [1.54, 1.807) is 7.11 Å². The molecule has 0 saturated carbocycles. The summed E-state index contributed by atoms with van der Waals surface area (Å²) in [5, 5.41) is 0. The minimum absolute atomic E-state index is 0.264. The summed E-state index contributed by atoms with van der Waals surface area (Å²) in [5.74, 6) is 1.53. The van der Waals surface area contributed by atoms with E-state index in [0.717, 1.165) is 19.0 Å². The Morgan fingerprint density at radius 1 is 1.42 bits per heavy atom. The second kappa shape index (κ2) is 9.57. The van der Waals surface area contributed by atoms with E-state index in [9.17, 15) is 0 Å². The standard InChI is InChI=1S/C8H20O2SSi/c1-8(6-9-2)7-10-12-5-3-4-11/h8,11H,3-7,12H2,1-2H3/t8-/m0/s1. The smallest absolute Gasteiger partial charge is 0.161 e. The van der Waals surface area contributed by atoms with Crippen LogP contribution in [0.2, 0.25) is 6.04 Å². The van der Waals surface area contributed by atoms with Crippen LogP contribution in [0.5, 0.6) is 0 Å². The van der Waals surface area contributed by atoms with Crippen molar-refractivity contribution in [2.24, 2.45) is 5.92 Å². The highest BCUT2D eigenvalue weighted by Gasteiger charge is 2.00. The van der Waals surface area contributed by atoms with Crippen LogP contribution in [0.1, 0.15) is 13.3 Å². The summed E-state index contributed by atoms with van der Waals surface area (Å²) in [6.45, 7) is 3.82. The third-order valence-corrected chi connectivity index (χ3v) is 3.18. The fourth-order valence-corrected chi connectivity index (χ4v) is 2.80. The summed E-state index contributed by atoms with van der Waals surface area (Å²) < 4.78 is 10.6. The summed E-state index contributed by atoms with van der Waals surface area (Å²) in [4.78, 5) is 0. The zero-order valence-corrected chi connectivity index (χ0v) is 10.4. The molecule has 4 heteroatoms. The number of methoxy groups -OCH3 is 1. The van der Waals surface area contributed by atoms with Gasteiger partial charge in [-0.25, -0.2) is 0 Å². The van der Waals surface area contributed by atoms with Crippen molar-refractivity contribution in [3.05, 3.63) is 0 Å². The maximum Gasteiger partial charge on any atom is 0.161 e. The molecule has 0 fully saturated rings. The molecule has 1 atom stereocenters. The molecule has 2 nitrogen and oxygen atoms in total. The van der Waals surface area contributed by atoms with Crippen LogP contribution in [0.3, 0.4) is 0 Å². The van der Waals surface area contributed by atoms with Crippen molar-refractivity contribution in [2.45, 2.75) is 19.4 Å². The van der Waals surface area contributed by atoms with Crippen LogP contribution in [0.15, 0.2) is 0 Å². The first-order chi connectivity index (χ1) is 5.81. The topological polar surface area (TPSA) is 18.5 Å². The number of hydrogen-bond donors (Lipinski definition) is 1. The fraction of sp³-hybridized carbons (Fsp3) is 1.00. The summed E-state index contributed by atoms with van der Waals surface area (Å²) in [6.07, 6.45) is 1.20. The van der Waals surface area contributed by atoms with Gasteiger partial charge in [0.1, 0.15) is 0 Å². The molecular formula is C8H20O2SSi. The van der Waals surface area contributed by atoms with Gasteiger partial charge < -0.3 is 9.16 Å². The molecule has 0 rings (SSSR count). The largest absolute Gasteiger partial charge is 0.424 e. The van der Waals surface area contributed by atoms with E-state index in [-0.39, 0.29) is 9.76 Å². The normalized spacial score (nSPS) is 14.2. The van der Waals surface area contributed by atoms with Crippen LogP contribution in [0.25, 0.3) is 0 Å². The van der Waals surface area contributed by atoms with E-state index in [0.29, 0.717) is 5.92 Å². The Morgan fingerprint density at radius 2 is 2.17 bits per heavy atom. The van der Waals surface area contributed by atoms with Gasteiger partial charge >= 0.3 is 0 Å². The Hall–Kier alpha value is 0.487. The SMILES string of the molecule is COC[C@H](C)CO[SiH2]CCCS. The molecular weight excluding hydrogens is 188 g/mol. The molecule has 0 spiro atoms. The minimum atomic E-state index is -0.264. The van der Waals surface area contributed by atoms with E-state index < -0.39 is 0 Å². The second-order valence-corrected chi connectivity index (χ2v) is 5.04. The zero-order chi connectivity index (χ0) is 9.23. The van der Waals surface area contributed by atoms with Gasteiger partial charge in [-0.1, -0.05) is 6.92 Å². The van der Waals surface area contributed by atoms with E-state index in [1.807, 2.05) is 0 Å². The van der Waals surface area contributed by atoms with E-state index in [4.69, 9.17) is 9.16 Å². The number of ether oxygens (including phenoxy) is 1. The molecule has 0 aromatic rings. The average molecular weight is 208 g/mol. The van der Waals surface area contributed by atoms with Crippen LogP contribution >= 0.6 is 12.6 Å². The number of hydrogen-bond acceptors (Lipinski definition) is 3. The van der Waals surface area contributed by atoms with Crippen molar-refractivity contribution in [1.82, 2.24) is 0 Å². The molecule has 0 aliphatic rings. The summed E-state index contributed by atoms with van der Waals surface area (Å²) in [7, 11) is 1.47. The van der Waals surface area contributed by atoms with Gasteiger partial charge in [0.2, 0.25) is 0 Å².